The van der Waals surface area contributed by atoms with Crippen molar-refractivity contribution in [3.63, 3.8) is 0 Å². The van der Waals surface area contributed by atoms with Crippen LogP contribution in [-0.4, -0.2) is 120 Å². The molecule has 3 aliphatic heterocycles. The number of alkyl halides is 1. The summed E-state index contributed by atoms with van der Waals surface area (Å²) in [5.41, 5.74) is 0.703. The van der Waals surface area contributed by atoms with Crippen molar-refractivity contribution in [3.8, 4) is 0 Å². The maximum absolute atomic E-state index is 14.3. The fourth-order valence-corrected chi connectivity index (χ4v) is 9.25. The normalized spacial score (nSPS) is 40.8. The van der Waals surface area contributed by atoms with Crippen molar-refractivity contribution in [2.24, 2.45) is 29.6 Å². The van der Waals surface area contributed by atoms with Crippen molar-refractivity contribution >= 4 is 35.0 Å². The number of methoxy groups -OCH3 is 3. The first-order valence-corrected chi connectivity index (χ1v) is 20.8. The van der Waals surface area contributed by atoms with E-state index >= 15 is 0 Å². The number of fused-ring (bicyclic) bond motifs is 3. The molecule has 320 valence electrons. The second-order valence-electron chi connectivity index (χ2n) is 16.6. The van der Waals surface area contributed by atoms with Crippen molar-refractivity contribution in [1.82, 2.24) is 4.90 Å². The van der Waals surface area contributed by atoms with Crippen molar-refractivity contribution < 1.29 is 53.1 Å². The molecule has 56 heavy (non-hydrogen) atoms. The smallest absolute Gasteiger partial charge is 0.329 e. The summed E-state index contributed by atoms with van der Waals surface area (Å²) in [6.07, 6.45) is 7.04. The fourth-order valence-electron chi connectivity index (χ4n) is 8.92. The molecular weight excluding hydrogens is 742 g/mol. The van der Waals surface area contributed by atoms with Crippen LogP contribution in [0.4, 0.5) is 0 Å². The molecule has 3 heterocycles. The lowest BCUT2D eigenvalue weighted by Crippen LogP contribution is -2.64. The SMILES string of the molecule is C.CC[C@@H]1/C=C/C[C@H](C)C[C@H](OC)[C@H]2O[C@@](O)(C(=O)C(=O)N3CCCC[C@H]3C(=O)O[C@H](/C(C)=C/[C@@H]3CC[C@H](Cl)[C@H](OC)C3)[C@H](C)[C@@H](O)CC1=O)[C@H](C)C[C@@H]2OC. The van der Waals surface area contributed by atoms with Gasteiger partial charge in [0.15, 0.2) is 0 Å². The van der Waals surface area contributed by atoms with Gasteiger partial charge in [0.1, 0.15) is 24.0 Å². The summed E-state index contributed by atoms with van der Waals surface area (Å²) in [4.78, 5) is 57.4. The van der Waals surface area contributed by atoms with E-state index in [1.165, 1.54) is 19.1 Å². The zero-order valence-electron chi connectivity index (χ0n) is 34.1. The van der Waals surface area contributed by atoms with Crippen molar-refractivity contribution in [1.29, 1.82) is 0 Å². The third kappa shape index (κ3) is 11.3. The lowest BCUT2D eigenvalue weighted by atomic mass is 9.82. The van der Waals surface area contributed by atoms with Crippen LogP contribution < -0.4 is 0 Å². The van der Waals surface area contributed by atoms with Gasteiger partial charge >= 0.3 is 5.97 Å². The van der Waals surface area contributed by atoms with Gasteiger partial charge in [-0.25, -0.2) is 4.79 Å². The van der Waals surface area contributed by atoms with Gasteiger partial charge in [-0.15, -0.1) is 11.6 Å². The first kappa shape index (κ1) is 48.2. The van der Waals surface area contributed by atoms with Crippen molar-refractivity contribution in [3.05, 3.63) is 23.8 Å². The average molecular weight is 812 g/mol. The highest BCUT2D eigenvalue weighted by Gasteiger charge is 2.56. The number of carbonyl (C=O) groups excluding carboxylic acids is 4. The minimum Gasteiger partial charge on any atom is -0.456 e. The van der Waals surface area contributed by atoms with E-state index in [2.05, 4.69) is 0 Å². The van der Waals surface area contributed by atoms with E-state index in [-0.39, 0.29) is 62.3 Å². The molecule has 0 unspecified atom stereocenters. The number of amides is 1. The number of hydrogen-bond donors (Lipinski definition) is 2. The van der Waals surface area contributed by atoms with Crippen LogP contribution in [0.1, 0.15) is 113 Å². The summed E-state index contributed by atoms with van der Waals surface area (Å²) >= 11 is 6.52. The van der Waals surface area contributed by atoms with E-state index in [1.807, 2.05) is 39.0 Å². The number of ether oxygens (including phenoxy) is 5. The monoisotopic (exact) mass is 811 g/mol. The van der Waals surface area contributed by atoms with Gasteiger partial charge in [0.05, 0.1) is 29.8 Å². The number of ketones is 2. The number of aliphatic hydroxyl groups is 2. The number of Topliss-reactive ketones (excluding diaryl/α,β-unsaturated/α-hetero) is 2. The van der Waals surface area contributed by atoms with Crippen LogP contribution in [0.15, 0.2) is 23.8 Å². The summed E-state index contributed by atoms with van der Waals surface area (Å²) < 4.78 is 29.8. The number of esters is 1. The summed E-state index contributed by atoms with van der Waals surface area (Å²) in [7, 11) is 4.70. The molecule has 0 aromatic rings. The molecule has 0 aromatic heterocycles. The van der Waals surface area contributed by atoms with Gasteiger partial charge in [-0.3, -0.25) is 14.4 Å². The topological polar surface area (TPSA) is 158 Å². The molecule has 1 aliphatic carbocycles. The van der Waals surface area contributed by atoms with Gasteiger partial charge in [-0.2, -0.15) is 0 Å². The number of piperidine rings is 1. The lowest BCUT2D eigenvalue weighted by Gasteiger charge is -2.47. The first-order chi connectivity index (χ1) is 26.1. The van der Waals surface area contributed by atoms with Gasteiger partial charge in [-0.05, 0) is 88.5 Å². The van der Waals surface area contributed by atoms with E-state index in [0.29, 0.717) is 44.1 Å². The standard InChI is InChI=1S/C42H66ClNO11.CH4/c1-9-29-14-12-13-24(2)19-35(52-7)38-36(53-8)21-26(4)42(50,55-38)39(47)40(48)44-18-11-10-15-31(44)41(49)54-37(27(5)32(45)23-33(29)46)25(3)20-28-16-17-30(43)34(22-28)51-6;/h12,14,20,24,26-32,34-38,45,50H,9-11,13,15-19,21-23H2,1-8H3;1H4/b14-12+,25-20+;/t24-,26+,27+,28-,29+,30-,31-,32-,34+,35-,36-,37+,38+,42+;/m0./s1. The minimum absolute atomic E-state index is 0. The summed E-state index contributed by atoms with van der Waals surface area (Å²) in [5, 5.41) is 23.5. The highest BCUT2D eigenvalue weighted by molar-refractivity contribution is 6.39. The molecule has 0 radical (unpaired) electrons. The Labute approximate surface area is 340 Å². The van der Waals surface area contributed by atoms with Crippen LogP contribution in [0, 0.1) is 29.6 Å². The predicted molar refractivity (Wildman–Crippen MR) is 214 cm³/mol. The van der Waals surface area contributed by atoms with E-state index in [1.54, 1.807) is 21.0 Å². The first-order valence-electron chi connectivity index (χ1n) is 20.3. The molecule has 13 heteroatoms. The van der Waals surface area contributed by atoms with Crippen LogP contribution in [0.2, 0.25) is 0 Å². The number of halogens is 1. The van der Waals surface area contributed by atoms with Gasteiger partial charge in [-0.1, -0.05) is 53.3 Å². The Morgan fingerprint density at radius 1 is 0.982 bits per heavy atom. The van der Waals surface area contributed by atoms with Crippen molar-refractivity contribution in [2.75, 3.05) is 27.9 Å². The van der Waals surface area contributed by atoms with E-state index in [4.69, 9.17) is 35.3 Å². The second-order valence-corrected chi connectivity index (χ2v) is 17.1. The highest BCUT2D eigenvalue weighted by Crippen LogP contribution is 2.39. The Bertz CT molecular complexity index is 1390. The molecule has 4 aliphatic rings. The number of aliphatic hydroxyl groups excluding tert-OH is 1. The second kappa shape index (κ2) is 21.7. The lowest BCUT2D eigenvalue weighted by molar-refractivity contribution is -0.302. The molecule has 3 fully saturated rings. The van der Waals surface area contributed by atoms with Gasteiger partial charge in [0.2, 0.25) is 5.79 Å². The summed E-state index contributed by atoms with van der Waals surface area (Å²) in [6, 6.07) is -1.11. The summed E-state index contributed by atoms with van der Waals surface area (Å²) in [5.74, 6) is -7.30. The van der Waals surface area contributed by atoms with Gasteiger partial charge < -0.3 is 38.8 Å². The molecule has 4 rings (SSSR count). The predicted octanol–water partition coefficient (Wildman–Crippen LogP) is 5.97. The van der Waals surface area contributed by atoms with Crippen LogP contribution in [0.5, 0.6) is 0 Å². The van der Waals surface area contributed by atoms with Crippen molar-refractivity contribution in [2.45, 2.75) is 167 Å². The zero-order chi connectivity index (χ0) is 40.6. The maximum Gasteiger partial charge on any atom is 0.329 e. The van der Waals surface area contributed by atoms with Crippen LogP contribution in [0.25, 0.3) is 0 Å². The minimum atomic E-state index is -2.49. The molecule has 0 spiro atoms. The van der Waals surface area contributed by atoms with Gasteiger partial charge in [0, 0.05) is 52.0 Å². The third-order valence-corrected chi connectivity index (χ3v) is 13.1. The number of allylic oxidation sites excluding steroid dienone is 3. The quantitative estimate of drug-likeness (QED) is 0.141. The average Bonchev–Trinajstić information content (AvgIpc) is 3.17. The Morgan fingerprint density at radius 3 is 2.29 bits per heavy atom. The number of carbonyl (C=O) groups is 4. The van der Waals surface area contributed by atoms with Crippen LogP contribution in [0.3, 0.4) is 0 Å². The molecular formula is C43H70ClNO11. The number of hydrogen-bond acceptors (Lipinski definition) is 11. The number of nitrogens with zero attached hydrogens (tertiary/aromatic N) is 1. The molecule has 2 saturated heterocycles. The molecule has 14 atom stereocenters. The van der Waals surface area contributed by atoms with Gasteiger partial charge in [0.25, 0.3) is 11.7 Å². The molecule has 1 amide bonds. The molecule has 12 nitrogen and oxygen atoms in total. The Morgan fingerprint density at radius 2 is 1.64 bits per heavy atom. The summed E-state index contributed by atoms with van der Waals surface area (Å²) in [6.45, 7) is 9.32. The number of cyclic esters (lactones) is 1. The zero-order valence-corrected chi connectivity index (χ0v) is 34.9. The Hall–Kier alpha value is -2.19. The van der Waals surface area contributed by atoms with E-state index < -0.39 is 77.8 Å². The third-order valence-electron chi connectivity index (χ3n) is 12.6. The number of rotatable bonds is 6. The van der Waals surface area contributed by atoms with E-state index in [0.717, 1.165) is 12.8 Å². The molecule has 2 bridgehead atoms. The molecule has 0 aromatic carbocycles. The molecule has 1 saturated carbocycles. The largest absolute Gasteiger partial charge is 0.456 e. The Kier molecular flexibility index (Phi) is 18.7. The fraction of sp³-hybridized carbons (Fsp3) is 0.814. The van der Waals surface area contributed by atoms with Crippen LogP contribution >= 0.6 is 11.6 Å². The van der Waals surface area contributed by atoms with E-state index in [9.17, 15) is 29.4 Å². The molecule has 2 N–H and O–H groups in total. The highest BCUT2D eigenvalue weighted by atomic mass is 35.5. The Balaban J connectivity index is 0.00000841. The maximum atomic E-state index is 14.3. The van der Waals surface area contributed by atoms with Crippen LogP contribution in [-0.2, 0) is 42.9 Å².